The molecule has 0 aliphatic carbocycles. The normalized spacial score (nSPS) is 12.4. The average Bonchev–Trinajstić information content (AvgIpc) is 2.47. The van der Waals surface area contributed by atoms with Crippen molar-refractivity contribution in [3.63, 3.8) is 0 Å². The van der Waals surface area contributed by atoms with Crippen molar-refractivity contribution in [2.75, 3.05) is 7.11 Å². The van der Waals surface area contributed by atoms with Gasteiger partial charge >= 0.3 is 8.80 Å². The van der Waals surface area contributed by atoms with Crippen molar-refractivity contribution in [3.8, 4) is 0 Å². The monoisotopic (exact) mass is 360 g/mol. The minimum absolute atomic E-state index is 0.0451. The second-order valence-electron chi connectivity index (χ2n) is 6.52. The predicted molar refractivity (Wildman–Crippen MR) is 93.9 cm³/mol. The van der Waals surface area contributed by atoms with E-state index in [1.807, 2.05) is 27.7 Å². The van der Waals surface area contributed by atoms with Crippen LogP contribution in [0.3, 0.4) is 0 Å². The van der Waals surface area contributed by atoms with Crippen molar-refractivity contribution in [2.24, 2.45) is 0 Å². The zero-order valence-corrected chi connectivity index (χ0v) is 16.4. The lowest BCUT2D eigenvalue weighted by molar-refractivity contribution is 0.0323. The van der Waals surface area contributed by atoms with Crippen LogP contribution in [0.15, 0.2) is 18.2 Å². The Morgan fingerprint density at radius 3 is 2.08 bits per heavy atom. The summed E-state index contributed by atoms with van der Waals surface area (Å²) in [6, 6.07) is 4.49. The molecule has 24 heavy (non-hydrogen) atoms. The van der Waals surface area contributed by atoms with E-state index in [0.717, 1.165) is 31.4 Å². The summed E-state index contributed by atoms with van der Waals surface area (Å²) in [5, 5.41) is 0. The van der Waals surface area contributed by atoms with Crippen molar-refractivity contribution in [1.29, 1.82) is 0 Å². The Labute approximate surface area is 145 Å². The molecule has 0 fully saturated rings. The highest BCUT2D eigenvalue weighted by atomic mass is 28.4. The van der Waals surface area contributed by atoms with Crippen molar-refractivity contribution in [2.45, 2.75) is 71.6 Å². The predicted octanol–water partition coefficient (Wildman–Crippen LogP) is 5.11. The van der Waals surface area contributed by atoms with Crippen molar-refractivity contribution in [3.05, 3.63) is 35.4 Å². The zero-order valence-electron chi connectivity index (χ0n) is 15.4. The molecule has 138 valence electrons. The van der Waals surface area contributed by atoms with Gasteiger partial charge in [0.2, 0.25) is 0 Å². The summed E-state index contributed by atoms with van der Waals surface area (Å²) in [5.74, 6) is -1.01. The first-order valence-corrected chi connectivity index (χ1v) is 10.6. The maximum Gasteiger partial charge on any atom is 0.501 e. The van der Waals surface area contributed by atoms with Crippen LogP contribution in [0.5, 0.6) is 0 Å². The first kappa shape index (κ1) is 21.2. The molecule has 0 amide bonds. The average molecular weight is 361 g/mol. The fourth-order valence-electron chi connectivity index (χ4n) is 2.62. The van der Waals surface area contributed by atoms with E-state index in [9.17, 15) is 8.78 Å². The molecule has 0 aliphatic rings. The van der Waals surface area contributed by atoms with E-state index in [2.05, 4.69) is 0 Å². The van der Waals surface area contributed by atoms with Gasteiger partial charge in [0.1, 0.15) is 11.6 Å². The Morgan fingerprint density at radius 2 is 1.58 bits per heavy atom. The quantitative estimate of drug-likeness (QED) is 0.405. The van der Waals surface area contributed by atoms with Crippen LogP contribution < -0.4 is 0 Å². The third-order valence-electron chi connectivity index (χ3n) is 3.59. The molecule has 3 nitrogen and oxygen atoms in total. The molecule has 0 atom stereocenters. The zero-order chi connectivity index (χ0) is 18.2. The summed E-state index contributed by atoms with van der Waals surface area (Å²) in [4.78, 5) is 0. The van der Waals surface area contributed by atoms with E-state index in [-0.39, 0.29) is 12.2 Å². The number of rotatable bonds is 11. The number of unbranched alkanes of at least 4 members (excludes halogenated alkanes) is 2. The number of aryl methyl sites for hydroxylation is 1. The van der Waals surface area contributed by atoms with Gasteiger partial charge in [-0.25, -0.2) is 8.78 Å². The van der Waals surface area contributed by atoms with Gasteiger partial charge in [-0.3, -0.25) is 0 Å². The number of halogens is 2. The minimum atomic E-state index is -2.67. The number of hydrogen-bond acceptors (Lipinski definition) is 3. The minimum Gasteiger partial charge on any atom is -0.377 e. The van der Waals surface area contributed by atoms with Crippen LogP contribution in [0, 0.1) is 11.6 Å². The molecule has 0 bridgehead atoms. The van der Waals surface area contributed by atoms with Gasteiger partial charge in [-0.05, 0) is 58.6 Å². The third-order valence-corrected chi connectivity index (χ3v) is 6.83. The van der Waals surface area contributed by atoms with Crippen LogP contribution in [-0.2, 0) is 19.7 Å². The topological polar surface area (TPSA) is 27.7 Å². The van der Waals surface area contributed by atoms with Crippen molar-refractivity contribution >= 4 is 8.80 Å². The largest absolute Gasteiger partial charge is 0.501 e. The molecule has 6 heteroatoms. The Morgan fingerprint density at radius 1 is 0.958 bits per heavy atom. The molecule has 1 aromatic carbocycles. The third kappa shape index (κ3) is 7.38. The first-order valence-electron chi connectivity index (χ1n) is 8.62. The summed E-state index contributed by atoms with van der Waals surface area (Å²) >= 11 is 0. The summed E-state index contributed by atoms with van der Waals surface area (Å²) in [6.45, 7) is 7.90. The number of hydrogen-bond donors (Lipinski definition) is 0. The van der Waals surface area contributed by atoms with Crippen LogP contribution in [0.4, 0.5) is 8.78 Å². The Balaban J connectivity index is 2.46. The summed E-state index contributed by atoms with van der Waals surface area (Å²) in [7, 11) is -1.02. The standard InChI is InChI=1S/C18H30F2O3Si/c1-14(2)22-24(21-5,23-15(3)4)12-8-6-7-9-16-10-11-17(19)13-18(16)20/h10-11,13-15H,6-9,12H2,1-5H3. The van der Waals surface area contributed by atoms with Crippen LogP contribution in [0.2, 0.25) is 6.04 Å². The van der Waals surface area contributed by atoms with Gasteiger partial charge in [-0.15, -0.1) is 0 Å². The van der Waals surface area contributed by atoms with Gasteiger partial charge in [0.15, 0.2) is 0 Å². The Bertz CT molecular complexity index is 485. The fraction of sp³-hybridized carbons (Fsp3) is 0.667. The molecule has 0 aromatic heterocycles. The van der Waals surface area contributed by atoms with Crippen LogP contribution in [-0.4, -0.2) is 28.1 Å². The lowest BCUT2D eigenvalue weighted by Gasteiger charge is -2.31. The van der Waals surface area contributed by atoms with Crippen LogP contribution in [0.25, 0.3) is 0 Å². The molecule has 0 N–H and O–H groups in total. The van der Waals surface area contributed by atoms with Gasteiger partial charge in [-0.1, -0.05) is 12.5 Å². The molecule has 0 radical (unpaired) electrons. The summed E-state index contributed by atoms with van der Waals surface area (Å²) in [6.07, 6.45) is 3.33. The molecular formula is C18H30F2O3Si. The van der Waals surface area contributed by atoms with E-state index < -0.39 is 20.4 Å². The molecule has 0 saturated carbocycles. The highest BCUT2D eigenvalue weighted by Crippen LogP contribution is 2.23. The van der Waals surface area contributed by atoms with E-state index in [1.165, 1.54) is 12.1 Å². The molecule has 0 aliphatic heterocycles. The van der Waals surface area contributed by atoms with Crippen molar-refractivity contribution < 1.29 is 22.1 Å². The molecule has 1 aromatic rings. The van der Waals surface area contributed by atoms with Crippen LogP contribution in [0.1, 0.15) is 52.5 Å². The smallest absolute Gasteiger partial charge is 0.377 e. The van der Waals surface area contributed by atoms with Gasteiger partial charge in [0.05, 0.1) is 0 Å². The fourth-order valence-corrected chi connectivity index (χ4v) is 5.43. The van der Waals surface area contributed by atoms with E-state index in [1.54, 1.807) is 7.11 Å². The van der Waals surface area contributed by atoms with Crippen molar-refractivity contribution in [1.82, 2.24) is 0 Å². The number of benzene rings is 1. The Kier molecular flexibility index (Phi) is 9.05. The molecule has 0 saturated heterocycles. The van der Waals surface area contributed by atoms with Crippen LogP contribution >= 0.6 is 0 Å². The lowest BCUT2D eigenvalue weighted by Crippen LogP contribution is -2.48. The second kappa shape index (κ2) is 10.2. The van der Waals surface area contributed by atoms with E-state index >= 15 is 0 Å². The van der Waals surface area contributed by atoms with Gasteiger partial charge < -0.3 is 13.3 Å². The molecule has 0 spiro atoms. The van der Waals surface area contributed by atoms with Gasteiger partial charge in [-0.2, -0.15) is 0 Å². The van der Waals surface area contributed by atoms with Gasteiger partial charge in [0, 0.05) is 31.4 Å². The maximum absolute atomic E-state index is 13.6. The Hall–Kier alpha value is -0.823. The molecule has 1 rings (SSSR count). The van der Waals surface area contributed by atoms with E-state index in [0.29, 0.717) is 12.0 Å². The summed E-state index contributed by atoms with van der Waals surface area (Å²) < 4.78 is 44.1. The van der Waals surface area contributed by atoms with E-state index in [4.69, 9.17) is 13.3 Å². The highest BCUT2D eigenvalue weighted by Gasteiger charge is 2.41. The van der Waals surface area contributed by atoms with Gasteiger partial charge in [0.25, 0.3) is 0 Å². The molecular weight excluding hydrogens is 330 g/mol. The molecule has 0 heterocycles. The highest BCUT2D eigenvalue weighted by molar-refractivity contribution is 6.60. The lowest BCUT2D eigenvalue weighted by atomic mass is 10.1. The SMILES string of the molecule is CO[Si](CCCCCc1ccc(F)cc1F)(OC(C)C)OC(C)C. The maximum atomic E-state index is 13.6. The first-order chi connectivity index (χ1) is 11.3. The molecule has 0 unspecified atom stereocenters. The summed E-state index contributed by atoms with van der Waals surface area (Å²) in [5.41, 5.74) is 0.559. The second-order valence-corrected chi connectivity index (χ2v) is 9.26.